The summed E-state index contributed by atoms with van der Waals surface area (Å²) in [6.07, 6.45) is 12.5. The Morgan fingerprint density at radius 1 is 0.500 bits per heavy atom. The van der Waals surface area contributed by atoms with Crippen LogP contribution in [0.2, 0.25) is 0 Å². The summed E-state index contributed by atoms with van der Waals surface area (Å²) in [5.74, 6) is -0.0240. The molecular weight excluding hydrogens is 673 g/mol. The molecule has 4 heterocycles. The van der Waals surface area contributed by atoms with E-state index < -0.39 is 5.97 Å². The molecule has 0 spiro atoms. The fourth-order valence-corrected chi connectivity index (χ4v) is 6.52. The smallest absolute Gasteiger partial charge is 0.335 e. The maximum absolute atomic E-state index is 11.2. The molecule has 4 aromatic heterocycles. The molecular formula is C45H48N6O3. The number of hydrogen-bond acceptors (Lipinski definition) is 8. The van der Waals surface area contributed by atoms with Gasteiger partial charge < -0.3 is 9.84 Å². The number of carboxylic acids is 1. The second-order valence-electron chi connectivity index (χ2n) is 13.6. The van der Waals surface area contributed by atoms with Crippen LogP contribution in [0.4, 0.5) is 0 Å². The Kier molecular flexibility index (Phi) is 14.4. The van der Waals surface area contributed by atoms with Crippen LogP contribution >= 0.6 is 0 Å². The molecule has 9 heteroatoms. The minimum atomic E-state index is -0.892. The van der Waals surface area contributed by atoms with Crippen molar-refractivity contribution in [3.05, 3.63) is 185 Å². The van der Waals surface area contributed by atoms with Crippen molar-refractivity contribution in [3.8, 4) is 5.75 Å². The quantitative estimate of drug-likeness (QED) is 0.0733. The number of aryl methyl sites for hydroxylation is 1. The highest BCUT2D eigenvalue weighted by atomic mass is 16.5. The van der Waals surface area contributed by atoms with Crippen molar-refractivity contribution in [1.29, 1.82) is 0 Å². The molecule has 9 nitrogen and oxygen atoms in total. The van der Waals surface area contributed by atoms with E-state index in [1.807, 2.05) is 85.5 Å². The minimum absolute atomic E-state index is 0.325. The highest BCUT2D eigenvalue weighted by Gasteiger charge is 2.15. The number of unbranched alkanes of at least 4 members (excludes halogenated alkanes) is 3. The molecule has 0 aliphatic carbocycles. The Labute approximate surface area is 318 Å². The maximum atomic E-state index is 11.2. The van der Waals surface area contributed by atoms with Crippen molar-refractivity contribution in [2.24, 2.45) is 0 Å². The lowest BCUT2D eigenvalue weighted by molar-refractivity contribution is 0.0697. The number of carboxylic acid groups (broad SMARTS) is 1. The lowest BCUT2D eigenvalue weighted by Crippen LogP contribution is -2.25. The van der Waals surface area contributed by atoms with E-state index in [0.29, 0.717) is 51.4 Å². The van der Waals surface area contributed by atoms with Crippen molar-refractivity contribution in [3.63, 3.8) is 0 Å². The summed E-state index contributed by atoms with van der Waals surface area (Å²) < 4.78 is 6.48. The Morgan fingerprint density at radius 2 is 0.944 bits per heavy atom. The number of nitrogens with zero attached hydrogens (tertiary/aromatic N) is 6. The van der Waals surface area contributed by atoms with Crippen LogP contribution in [0.5, 0.6) is 5.75 Å². The molecule has 0 saturated carbocycles. The Bertz CT molecular complexity index is 1790. The first kappa shape index (κ1) is 38.0. The van der Waals surface area contributed by atoms with Gasteiger partial charge in [-0.1, -0.05) is 55.3 Å². The third-order valence-electron chi connectivity index (χ3n) is 9.11. The summed E-state index contributed by atoms with van der Waals surface area (Å²) >= 11 is 0. The van der Waals surface area contributed by atoms with Crippen molar-refractivity contribution in [2.75, 3.05) is 6.61 Å². The van der Waals surface area contributed by atoms with E-state index in [1.54, 1.807) is 12.1 Å². The van der Waals surface area contributed by atoms with Gasteiger partial charge in [-0.05, 0) is 109 Å². The van der Waals surface area contributed by atoms with E-state index in [0.717, 1.165) is 60.6 Å². The van der Waals surface area contributed by atoms with Crippen LogP contribution in [0.25, 0.3) is 0 Å². The fourth-order valence-electron chi connectivity index (χ4n) is 6.52. The number of aromatic carboxylic acids is 1. The van der Waals surface area contributed by atoms with Crippen molar-refractivity contribution in [2.45, 2.75) is 71.4 Å². The van der Waals surface area contributed by atoms with Crippen molar-refractivity contribution >= 4 is 5.97 Å². The lowest BCUT2D eigenvalue weighted by atomic mass is 10.0. The van der Waals surface area contributed by atoms with Crippen LogP contribution in [-0.4, -0.2) is 47.4 Å². The van der Waals surface area contributed by atoms with Gasteiger partial charge in [-0.3, -0.25) is 29.7 Å². The van der Waals surface area contributed by atoms with E-state index >= 15 is 0 Å². The summed E-state index contributed by atoms with van der Waals surface area (Å²) in [6, 6.07) is 38.0. The standard InChI is InChI=1S/C45H48N6O3/c52-45(53)39-20-18-36(19-21-39)13-3-1-2-12-26-54-44-28-37(30-50(32-40-14-4-8-22-46-40)33-41-15-5-9-23-47-41)27-38(29-44)31-51(34-42-16-6-10-24-48-42)35-43-17-7-11-25-49-43/h4-11,14-25,27-29H,1-3,12-13,26,30-35H2,(H,52,53). The van der Waals surface area contributed by atoms with Crippen LogP contribution in [0.15, 0.2) is 140 Å². The second kappa shape index (κ2) is 20.5. The third kappa shape index (κ3) is 12.7. The Balaban J connectivity index is 1.16. The summed E-state index contributed by atoms with van der Waals surface area (Å²) in [6.45, 7) is 4.78. The highest BCUT2D eigenvalue weighted by Crippen LogP contribution is 2.24. The van der Waals surface area contributed by atoms with Crippen LogP contribution in [0.3, 0.4) is 0 Å². The molecule has 1 N–H and O–H groups in total. The van der Waals surface area contributed by atoms with Crippen LogP contribution < -0.4 is 4.74 Å². The second-order valence-corrected chi connectivity index (χ2v) is 13.6. The van der Waals surface area contributed by atoms with Crippen LogP contribution in [0.1, 0.15) is 75.5 Å². The first-order valence-corrected chi connectivity index (χ1v) is 18.7. The number of rotatable bonds is 21. The molecule has 0 fully saturated rings. The van der Waals surface area contributed by atoms with Gasteiger partial charge >= 0.3 is 5.97 Å². The van der Waals surface area contributed by atoms with Crippen LogP contribution in [-0.2, 0) is 45.7 Å². The topological polar surface area (TPSA) is 105 Å². The molecule has 6 rings (SSSR count). The summed E-state index contributed by atoms with van der Waals surface area (Å²) in [5.41, 5.74) is 7.86. The SMILES string of the molecule is O=C(O)c1ccc(CCCCCCOc2cc(CN(Cc3ccccn3)Cc3ccccn3)cc(CN(Cc3ccccn3)Cc3ccccn3)c2)cc1. The third-order valence-corrected chi connectivity index (χ3v) is 9.11. The predicted molar refractivity (Wildman–Crippen MR) is 210 cm³/mol. The number of benzene rings is 2. The van der Waals surface area contributed by atoms with E-state index in [-0.39, 0.29) is 0 Å². The molecule has 0 unspecified atom stereocenters. The van der Waals surface area contributed by atoms with Gasteiger partial charge in [-0.2, -0.15) is 0 Å². The molecule has 0 amide bonds. The Hall–Kier alpha value is -5.77. The van der Waals surface area contributed by atoms with Gasteiger partial charge in [0.25, 0.3) is 0 Å². The van der Waals surface area contributed by atoms with Gasteiger partial charge in [0.15, 0.2) is 0 Å². The summed E-state index contributed by atoms with van der Waals surface area (Å²) in [7, 11) is 0. The van der Waals surface area contributed by atoms with E-state index in [1.165, 1.54) is 16.7 Å². The molecule has 0 saturated heterocycles. The zero-order valence-corrected chi connectivity index (χ0v) is 30.7. The van der Waals surface area contributed by atoms with Crippen LogP contribution in [0, 0.1) is 0 Å². The molecule has 2 aromatic carbocycles. The Morgan fingerprint density at radius 3 is 1.35 bits per heavy atom. The van der Waals surface area contributed by atoms with E-state index in [2.05, 4.69) is 72.2 Å². The van der Waals surface area contributed by atoms with Gasteiger partial charge in [0, 0.05) is 64.1 Å². The van der Waals surface area contributed by atoms with Crippen molar-refractivity contribution < 1.29 is 14.6 Å². The van der Waals surface area contributed by atoms with Crippen molar-refractivity contribution in [1.82, 2.24) is 29.7 Å². The molecule has 276 valence electrons. The summed E-state index contributed by atoms with van der Waals surface area (Å²) in [5, 5.41) is 9.15. The number of aromatic nitrogens is 4. The largest absolute Gasteiger partial charge is 0.494 e. The average molecular weight is 721 g/mol. The highest BCUT2D eigenvalue weighted by molar-refractivity contribution is 5.87. The zero-order chi connectivity index (χ0) is 37.2. The number of pyridine rings is 4. The fraction of sp³-hybridized carbons (Fsp3) is 0.267. The minimum Gasteiger partial charge on any atom is -0.494 e. The maximum Gasteiger partial charge on any atom is 0.335 e. The molecule has 0 aliphatic rings. The van der Waals surface area contributed by atoms with Gasteiger partial charge in [-0.15, -0.1) is 0 Å². The van der Waals surface area contributed by atoms with Gasteiger partial charge in [0.1, 0.15) is 5.75 Å². The zero-order valence-electron chi connectivity index (χ0n) is 30.7. The molecule has 6 aromatic rings. The molecule has 0 aliphatic heterocycles. The molecule has 0 atom stereocenters. The van der Waals surface area contributed by atoms with Gasteiger partial charge in [0.05, 0.1) is 34.9 Å². The molecule has 0 radical (unpaired) electrons. The lowest BCUT2D eigenvalue weighted by Gasteiger charge is -2.25. The van der Waals surface area contributed by atoms with E-state index in [4.69, 9.17) is 9.84 Å². The van der Waals surface area contributed by atoms with E-state index in [9.17, 15) is 4.79 Å². The predicted octanol–water partition coefficient (Wildman–Crippen LogP) is 8.55. The molecule has 0 bridgehead atoms. The summed E-state index contributed by atoms with van der Waals surface area (Å²) in [4.78, 5) is 34.4. The number of ether oxygens (including phenoxy) is 1. The average Bonchev–Trinajstić information content (AvgIpc) is 3.19. The number of hydrogen-bond donors (Lipinski definition) is 1. The monoisotopic (exact) mass is 720 g/mol. The normalized spacial score (nSPS) is 11.2. The first-order chi connectivity index (χ1) is 26.6. The molecule has 54 heavy (non-hydrogen) atoms. The van der Waals surface area contributed by atoms with Gasteiger partial charge in [-0.25, -0.2) is 4.79 Å². The van der Waals surface area contributed by atoms with Gasteiger partial charge in [0.2, 0.25) is 0 Å². The first-order valence-electron chi connectivity index (χ1n) is 18.7. The number of carbonyl (C=O) groups is 1.